The maximum Gasteiger partial charge on any atom is 0.292 e. The maximum atomic E-state index is 11.0. The number of hydrogen-bond acceptors (Lipinski definition) is 2. The van der Waals surface area contributed by atoms with Crippen molar-refractivity contribution < 1.29 is 9.22 Å². The van der Waals surface area contributed by atoms with Crippen molar-refractivity contribution in [2.24, 2.45) is 0 Å². The van der Waals surface area contributed by atoms with Crippen LogP contribution in [0.2, 0.25) is 11.1 Å². The van der Waals surface area contributed by atoms with Crippen molar-refractivity contribution >= 4 is 15.0 Å². The summed E-state index contributed by atoms with van der Waals surface area (Å²) < 4.78 is 5.36. The molecule has 71 valence electrons. The van der Waals surface area contributed by atoms with Crippen LogP contribution in [-0.4, -0.2) is 15.0 Å². The predicted molar refractivity (Wildman–Crippen MR) is 53.4 cm³/mol. The van der Waals surface area contributed by atoms with Gasteiger partial charge in [0.1, 0.15) is 0 Å². The van der Waals surface area contributed by atoms with E-state index >= 15 is 0 Å². The molecule has 12 heavy (non-hydrogen) atoms. The lowest BCUT2D eigenvalue weighted by Crippen LogP contribution is -2.28. The molecule has 0 aromatic heterocycles. The van der Waals surface area contributed by atoms with Crippen LogP contribution >= 0.6 is 0 Å². The van der Waals surface area contributed by atoms with Crippen molar-refractivity contribution in [1.29, 1.82) is 0 Å². The molecule has 0 heterocycles. The van der Waals surface area contributed by atoms with Crippen molar-refractivity contribution in [2.75, 3.05) is 0 Å². The van der Waals surface area contributed by atoms with Crippen molar-refractivity contribution in [1.82, 2.24) is 0 Å². The molecule has 0 fully saturated rings. The van der Waals surface area contributed by atoms with Gasteiger partial charge in [0.05, 0.1) is 0 Å². The number of carbonyl (C=O) groups excluding carboxylic acids is 1. The first-order valence-electron chi connectivity index (χ1n) is 4.47. The van der Waals surface area contributed by atoms with Gasteiger partial charge in [-0.05, 0) is 18.0 Å². The smallest absolute Gasteiger partial charge is 0.292 e. The average molecular weight is 187 g/mol. The topological polar surface area (TPSA) is 26.3 Å². The molecule has 0 aliphatic rings. The SMILES string of the molecule is [CH2]CC(=O)O[SiH](C(C)C)C(C)C. The first kappa shape index (κ1) is 11.7. The molecule has 2 nitrogen and oxygen atoms in total. The Labute approximate surface area is 77.0 Å². The molecular weight excluding hydrogens is 168 g/mol. The molecule has 0 spiro atoms. The van der Waals surface area contributed by atoms with Gasteiger partial charge in [-0.2, -0.15) is 0 Å². The Morgan fingerprint density at radius 3 is 2.00 bits per heavy atom. The van der Waals surface area contributed by atoms with Gasteiger partial charge in [-0.3, -0.25) is 4.79 Å². The molecule has 3 heteroatoms. The maximum absolute atomic E-state index is 11.0. The number of hydrogen-bond donors (Lipinski definition) is 0. The van der Waals surface area contributed by atoms with E-state index in [4.69, 9.17) is 4.43 Å². The first-order valence-corrected chi connectivity index (χ1v) is 6.28. The third kappa shape index (κ3) is 3.90. The summed E-state index contributed by atoms with van der Waals surface area (Å²) in [5, 5.41) is 0. The lowest BCUT2D eigenvalue weighted by Gasteiger charge is -2.22. The fraction of sp³-hybridized carbons (Fsp3) is 0.778. The van der Waals surface area contributed by atoms with E-state index in [-0.39, 0.29) is 12.4 Å². The van der Waals surface area contributed by atoms with Crippen LogP contribution in [0.25, 0.3) is 0 Å². The summed E-state index contributed by atoms with van der Waals surface area (Å²) in [4.78, 5) is 11.0. The van der Waals surface area contributed by atoms with Crippen molar-refractivity contribution in [3.63, 3.8) is 0 Å². The Balaban J connectivity index is 4.05. The van der Waals surface area contributed by atoms with Crippen LogP contribution in [0.15, 0.2) is 0 Å². The van der Waals surface area contributed by atoms with Crippen LogP contribution in [0.3, 0.4) is 0 Å². The largest absolute Gasteiger partial charge is 0.521 e. The zero-order valence-electron chi connectivity index (χ0n) is 8.46. The minimum Gasteiger partial charge on any atom is -0.521 e. The summed E-state index contributed by atoms with van der Waals surface area (Å²) in [5.74, 6) is -0.144. The van der Waals surface area contributed by atoms with Gasteiger partial charge in [0.2, 0.25) is 9.04 Å². The van der Waals surface area contributed by atoms with Gasteiger partial charge < -0.3 is 4.43 Å². The first-order chi connectivity index (χ1) is 5.49. The summed E-state index contributed by atoms with van der Waals surface area (Å²) in [7, 11) is -1.35. The normalized spacial score (nSPS) is 11.3. The number of rotatable bonds is 4. The molecule has 1 radical (unpaired) electrons. The molecule has 0 aromatic rings. The second-order valence-corrected chi connectivity index (χ2v) is 7.52. The van der Waals surface area contributed by atoms with Crippen LogP contribution < -0.4 is 0 Å². The van der Waals surface area contributed by atoms with E-state index in [0.717, 1.165) is 0 Å². The fourth-order valence-corrected chi connectivity index (χ4v) is 3.76. The minimum absolute atomic E-state index is 0.144. The van der Waals surface area contributed by atoms with Gasteiger partial charge in [0.25, 0.3) is 5.97 Å². The molecule has 0 bridgehead atoms. The van der Waals surface area contributed by atoms with E-state index in [9.17, 15) is 4.79 Å². The number of carbonyl (C=O) groups is 1. The van der Waals surface area contributed by atoms with E-state index in [1.165, 1.54) is 0 Å². The van der Waals surface area contributed by atoms with Gasteiger partial charge >= 0.3 is 0 Å². The molecule has 0 N–H and O–H groups in total. The summed E-state index contributed by atoms with van der Waals surface area (Å²) in [6.07, 6.45) is 0.253. The molecule has 0 amide bonds. The van der Waals surface area contributed by atoms with E-state index < -0.39 is 9.04 Å². The Hall–Kier alpha value is -0.313. The van der Waals surface area contributed by atoms with Crippen LogP contribution in [0.1, 0.15) is 34.1 Å². The monoisotopic (exact) mass is 187 g/mol. The van der Waals surface area contributed by atoms with E-state index in [2.05, 4.69) is 34.6 Å². The third-order valence-corrected chi connectivity index (χ3v) is 4.95. The van der Waals surface area contributed by atoms with Crippen LogP contribution in [0.4, 0.5) is 0 Å². The zero-order chi connectivity index (χ0) is 9.72. The highest BCUT2D eigenvalue weighted by Gasteiger charge is 2.23. The molecule has 0 aliphatic heterocycles. The summed E-state index contributed by atoms with van der Waals surface area (Å²) in [5.41, 5.74) is 1.03. The Kier molecular flexibility index (Phi) is 5.21. The van der Waals surface area contributed by atoms with Gasteiger partial charge in [0.15, 0.2) is 0 Å². The third-order valence-electron chi connectivity index (χ3n) is 1.79. The van der Waals surface area contributed by atoms with Crippen molar-refractivity contribution in [3.8, 4) is 0 Å². The Morgan fingerprint density at radius 1 is 1.33 bits per heavy atom. The molecule has 0 unspecified atom stereocenters. The Morgan fingerprint density at radius 2 is 1.75 bits per heavy atom. The lowest BCUT2D eigenvalue weighted by atomic mass is 10.5. The lowest BCUT2D eigenvalue weighted by molar-refractivity contribution is -0.134. The second-order valence-electron chi connectivity index (χ2n) is 3.69. The highest BCUT2D eigenvalue weighted by Crippen LogP contribution is 2.21. The standard InChI is InChI=1S/C9H19O2Si/c1-6-9(10)11-12(7(2)3)8(4)5/h7-8,12H,1,6H2,2-5H3. The summed E-state index contributed by atoms with van der Waals surface area (Å²) >= 11 is 0. The fourth-order valence-electron chi connectivity index (χ4n) is 1.25. The molecule has 0 saturated heterocycles. The van der Waals surface area contributed by atoms with Gasteiger partial charge in [-0.15, -0.1) is 0 Å². The summed E-state index contributed by atoms with van der Waals surface area (Å²) in [6, 6.07) is 0. The molecule has 0 rings (SSSR count). The molecule has 0 atom stereocenters. The van der Waals surface area contributed by atoms with Crippen LogP contribution in [0, 0.1) is 6.92 Å². The Bertz CT molecular complexity index is 135. The van der Waals surface area contributed by atoms with Gasteiger partial charge in [0, 0.05) is 6.42 Å². The second kappa shape index (κ2) is 5.35. The van der Waals surface area contributed by atoms with E-state index in [0.29, 0.717) is 11.1 Å². The van der Waals surface area contributed by atoms with Crippen LogP contribution in [0.5, 0.6) is 0 Å². The van der Waals surface area contributed by atoms with Gasteiger partial charge in [-0.25, -0.2) is 0 Å². The van der Waals surface area contributed by atoms with Crippen molar-refractivity contribution in [2.45, 2.75) is 45.2 Å². The van der Waals surface area contributed by atoms with Crippen molar-refractivity contribution in [3.05, 3.63) is 6.92 Å². The van der Waals surface area contributed by atoms with E-state index in [1.54, 1.807) is 0 Å². The predicted octanol–water partition coefficient (Wildman–Crippen LogP) is 2.30. The summed E-state index contributed by atoms with van der Waals surface area (Å²) in [6.45, 7) is 12.0. The molecule has 0 saturated carbocycles. The van der Waals surface area contributed by atoms with Crippen LogP contribution in [-0.2, 0) is 9.22 Å². The highest BCUT2D eigenvalue weighted by molar-refractivity contribution is 6.56. The van der Waals surface area contributed by atoms with Gasteiger partial charge in [-0.1, -0.05) is 27.7 Å². The average Bonchev–Trinajstić information content (AvgIpc) is 1.98. The minimum atomic E-state index is -1.35. The highest BCUT2D eigenvalue weighted by atomic mass is 28.3. The zero-order valence-corrected chi connectivity index (χ0v) is 9.62. The van der Waals surface area contributed by atoms with E-state index in [1.807, 2.05) is 0 Å². The molecular formula is C9H19O2Si. The molecule has 0 aromatic carbocycles. The quantitative estimate of drug-likeness (QED) is 0.631. The molecule has 0 aliphatic carbocycles.